The molecule has 0 saturated heterocycles. The molecule has 0 aliphatic carbocycles. The lowest BCUT2D eigenvalue weighted by molar-refractivity contribution is 1.61. The Labute approximate surface area is 125 Å². The predicted octanol–water partition coefficient (Wildman–Crippen LogP) is 4.44. The fraction of sp³-hybridized carbons (Fsp3) is 0.333. The van der Waals surface area contributed by atoms with Crippen LogP contribution in [0.5, 0.6) is 0 Å². The van der Waals surface area contributed by atoms with Crippen LogP contribution in [-0.2, 0) is 0 Å². The lowest BCUT2D eigenvalue weighted by Gasteiger charge is -2.24. The molecule has 0 heterocycles. The van der Waals surface area contributed by atoms with Gasteiger partial charge in [-0.2, -0.15) is 0 Å². The molecule has 20 heavy (non-hydrogen) atoms. The lowest BCUT2D eigenvalue weighted by Crippen LogP contribution is -2.45. The van der Waals surface area contributed by atoms with Crippen LogP contribution in [0, 0.1) is 0 Å². The first-order chi connectivity index (χ1) is 9.18. The Bertz CT molecular complexity index is 555. The second-order valence-corrected chi connectivity index (χ2v) is 17.8. The molecule has 0 aliphatic heterocycles. The van der Waals surface area contributed by atoms with E-state index in [1.54, 1.807) is 10.4 Å². The summed E-state index contributed by atoms with van der Waals surface area (Å²) in [4.78, 5) is 0. The highest BCUT2D eigenvalue weighted by molar-refractivity contribution is 6.91. The molecule has 2 aromatic rings. The zero-order valence-corrected chi connectivity index (χ0v) is 15.6. The molecule has 0 saturated carbocycles. The van der Waals surface area contributed by atoms with Gasteiger partial charge in [-0.1, -0.05) is 98.2 Å². The van der Waals surface area contributed by atoms with Crippen molar-refractivity contribution in [2.24, 2.45) is 0 Å². The average molecular weight is 299 g/mol. The minimum absolute atomic E-state index is 1.29. The molecule has 0 atom stereocenters. The highest BCUT2D eigenvalue weighted by Crippen LogP contribution is 2.19. The van der Waals surface area contributed by atoms with Gasteiger partial charge >= 0.3 is 0 Å². The monoisotopic (exact) mass is 298 g/mol. The van der Waals surface area contributed by atoms with Crippen molar-refractivity contribution in [2.75, 3.05) is 0 Å². The number of hydrogen-bond acceptors (Lipinski definition) is 0. The van der Waals surface area contributed by atoms with Crippen LogP contribution < -0.4 is 10.4 Å². The van der Waals surface area contributed by atoms with E-state index in [4.69, 9.17) is 0 Å². The third-order valence-electron chi connectivity index (χ3n) is 3.77. The summed E-state index contributed by atoms with van der Waals surface area (Å²) in [7, 11) is -2.57. The van der Waals surface area contributed by atoms with E-state index in [9.17, 15) is 0 Å². The van der Waals surface area contributed by atoms with E-state index >= 15 is 0 Å². The molecule has 2 aromatic carbocycles. The first kappa shape index (κ1) is 15.3. The third kappa shape index (κ3) is 3.50. The van der Waals surface area contributed by atoms with Crippen molar-refractivity contribution in [3.63, 3.8) is 0 Å². The maximum Gasteiger partial charge on any atom is 0.0776 e. The molecule has 0 aliphatic rings. The van der Waals surface area contributed by atoms with Gasteiger partial charge in [0.25, 0.3) is 0 Å². The van der Waals surface area contributed by atoms with Crippen molar-refractivity contribution in [2.45, 2.75) is 39.3 Å². The molecule has 0 unspecified atom stereocenters. The quantitative estimate of drug-likeness (QED) is 0.735. The number of benzene rings is 2. The fourth-order valence-electron chi connectivity index (χ4n) is 2.29. The molecule has 0 fully saturated rings. The SMILES string of the molecule is C[Si](C)(C)c1cc(-c2ccccc2)cc([Si](C)(C)C)c1. The van der Waals surface area contributed by atoms with Gasteiger partial charge in [-0.05, 0) is 11.1 Å². The maximum absolute atomic E-state index is 2.49. The standard InChI is InChI=1S/C18H26Si2/c1-19(2,3)17-12-16(15-10-8-7-9-11-15)13-18(14-17)20(4,5)6/h7-14H,1-6H3. The normalized spacial score (nSPS) is 12.5. The van der Waals surface area contributed by atoms with Gasteiger partial charge in [-0.15, -0.1) is 0 Å². The van der Waals surface area contributed by atoms with Gasteiger partial charge in [0.05, 0.1) is 16.1 Å². The molecule has 0 nitrogen and oxygen atoms in total. The topological polar surface area (TPSA) is 0 Å². The Morgan fingerprint density at radius 2 is 1.00 bits per heavy atom. The maximum atomic E-state index is 2.49. The van der Waals surface area contributed by atoms with Crippen LogP contribution in [0.15, 0.2) is 48.5 Å². The minimum atomic E-state index is -1.29. The van der Waals surface area contributed by atoms with Gasteiger partial charge in [0.15, 0.2) is 0 Å². The minimum Gasteiger partial charge on any atom is -0.0656 e. The number of hydrogen-bond donors (Lipinski definition) is 0. The van der Waals surface area contributed by atoms with Crippen LogP contribution in [0.2, 0.25) is 39.3 Å². The van der Waals surface area contributed by atoms with Crippen molar-refractivity contribution in [3.8, 4) is 11.1 Å². The number of rotatable bonds is 3. The molecule has 0 spiro atoms. The van der Waals surface area contributed by atoms with Crippen molar-refractivity contribution in [1.82, 2.24) is 0 Å². The van der Waals surface area contributed by atoms with Crippen molar-refractivity contribution < 1.29 is 0 Å². The zero-order valence-electron chi connectivity index (χ0n) is 13.6. The molecule has 0 radical (unpaired) electrons. The molecule has 2 heteroatoms. The van der Waals surface area contributed by atoms with Crippen LogP contribution in [-0.4, -0.2) is 16.1 Å². The summed E-state index contributed by atoms with van der Waals surface area (Å²) in [6.45, 7) is 14.6. The largest absolute Gasteiger partial charge is 0.0776 e. The summed E-state index contributed by atoms with van der Waals surface area (Å²) >= 11 is 0. The first-order valence-corrected chi connectivity index (χ1v) is 14.4. The van der Waals surface area contributed by atoms with Crippen LogP contribution in [0.1, 0.15) is 0 Å². The van der Waals surface area contributed by atoms with E-state index in [-0.39, 0.29) is 0 Å². The van der Waals surface area contributed by atoms with Crippen molar-refractivity contribution >= 4 is 26.5 Å². The molecular formula is C18H26Si2. The second-order valence-electron chi connectivity index (χ2n) is 7.67. The highest BCUT2D eigenvalue weighted by Gasteiger charge is 2.23. The van der Waals surface area contributed by atoms with E-state index < -0.39 is 16.1 Å². The Morgan fingerprint density at radius 1 is 0.550 bits per heavy atom. The molecule has 0 amide bonds. The second kappa shape index (κ2) is 5.34. The lowest BCUT2D eigenvalue weighted by atomic mass is 10.1. The highest BCUT2D eigenvalue weighted by atomic mass is 28.3. The third-order valence-corrected chi connectivity index (χ3v) is 7.81. The van der Waals surface area contributed by atoms with E-state index in [0.29, 0.717) is 0 Å². The Hall–Kier alpha value is -1.13. The summed E-state index contributed by atoms with van der Waals surface area (Å²) in [6, 6.07) is 18.1. The van der Waals surface area contributed by atoms with Gasteiger partial charge in [-0.3, -0.25) is 0 Å². The van der Waals surface area contributed by atoms with Gasteiger partial charge in [-0.25, -0.2) is 0 Å². The van der Waals surface area contributed by atoms with Crippen molar-refractivity contribution in [1.29, 1.82) is 0 Å². The van der Waals surface area contributed by atoms with Gasteiger partial charge in [0.1, 0.15) is 0 Å². The molecule has 0 aromatic heterocycles. The van der Waals surface area contributed by atoms with Crippen LogP contribution in [0.25, 0.3) is 11.1 Å². The Morgan fingerprint density at radius 3 is 1.40 bits per heavy atom. The smallest absolute Gasteiger partial charge is 0.0656 e. The summed E-state index contributed by atoms with van der Waals surface area (Å²) in [5.74, 6) is 0. The fourth-order valence-corrected chi connectivity index (χ4v) is 4.79. The van der Waals surface area contributed by atoms with E-state index in [0.717, 1.165) is 0 Å². The Balaban J connectivity index is 2.64. The van der Waals surface area contributed by atoms with E-state index in [2.05, 4.69) is 87.8 Å². The summed E-state index contributed by atoms with van der Waals surface area (Å²) in [5.41, 5.74) is 2.73. The summed E-state index contributed by atoms with van der Waals surface area (Å²) < 4.78 is 0. The average Bonchev–Trinajstić information content (AvgIpc) is 2.37. The summed E-state index contributed by atoms with van der Waals surface area (Å²) in [6.07, 6.45) is 0. The molecule has 2 rings (SSSR count). The van der Waals surface area contributed by atoms with Gasteiger partial charge < -0.3 is 0 Å². The van der Waals surface area contributed by atoms with Gasteiger partial charge in [0, 0.05) is 0 Å². The van der Waals surface area contributed by atoms with Crippen molar-refractivity contribution in [3.05, 3.63) is 48.5 Å². The van der Waals surface area contributed by atoms with Crippen LogP contribution >= 0.6 is 0 Å². The summed E-state index contributed by atoms with van der Waals surface area (Å²) in [5, 5.41) is 3.16. The van der Waals surface area contributed by atoms with E-state index in [1.807, 2.05) is 0 Å². The van der Waals surface area contributed by atoms with Crippen LogP contribution in [0.3, 0.4) is 0 Å². The van der Waals surface area contributed by atoms with Gasteiger partial charge in [0.2, 0.25) is 0 Å². The first-order valence-electron chi connectivity index (χ1n) is 7.39. The predicted molar refractivity (Wildman–Crippen MR) is 97.8 cm³/mol. The molecular weight excluding hydrogens is 272 g/mol. The van der Waals surface area contributed by atoms with Crippen LogP contribution in [0.4, 0.5) is 0 Å². The zero-order chi connectivity index (χ0) is 15.0. The van der Waals surface area contributed by atoms with E-state index in [1.165, 1.54) is 11.1 Å². The Kier molecular flexibility index (Phi) is 4.08. The molecule has 0 N–H and O–H groups in total. The molecule has 0 bridgehead atoms. The molecule has 106 valence electrons.